The van der Waals surface area contributed by atoms with Gasteiger partial charge in [-0.05, 0) is 57.2 Å². The van der Waals surface area contributed by atoms with Crippen molar-refractivity contribution in [3.63, 3.8) is 0 Å². The third-order valence-corrected chi connectivity index (χ3v) is 5.30. The fourth-order valence-electron chi connectivity index (χ4n) is 3.54. The summed E-state index contributed by atoms with van der Waals surface area (Å²) in [5.41, 5.74) is 1.04. The van der Waals surface area contributed by atoms with Crippen LogP contribution in [-0.4, -0.2) is 52.7 Å². The molecule has 1 aliphatic heterocycles. The molecule has 2 aromatic heterocycles. The molecular formula is C25H28N6O3. The van der Waals surface area contributed by atoms with E-state index in [9.17, 15) is 4.79 Å². The Kier molecular flexibility index (Phi) is 6.68. The van der Waals surface area contributed by atoms with Gasteiger partial charge in [0.25, 0.3) is 0 Å². The molecule has 1 aliphatic rings. The Morgan fingerprint density at radius 3 is 2.44 bits per heavy atom. The van der Waals surface area contributed by atoms with E-state index in [0.29, 0.717) is 44.1 Å². The van der Waals surface area contributed by atoms with Crippen LogP contribution in [0.1, 0.15) is 32.1 Å². The zero-order chi connectivity index (χ0) is 24.1. The van der Waals surface area contributed by atoms with Crippen LogP contribution in [0.5, 0.6) is 0 Å². The van der Waals surface area contributed by atoms with E-state index >= 15 is 0 Å². The number of nitrogens with zero attached hydrogens (tertiary/aromatic N) is 5. The van der Waals surface area contributed by atoms with Crippen molar-refractivity contribution in [1.82, 2.24) is 14.9 Å². The molecule has 1 N–H and O–H groups in total. The molecule has 9 heteroatoms. The van der Waals surface area contributed by atoms with E-state index in [1.165, 1.54) is 0 Å². The van der Waals surface area contributed by atoms with Gasteiger partial charge < -0.3 is 24.3 Å². The molecule has 3 heterocycles. The minimum absolute atomic E-state index is 0.280. The molecule has 9 nitrogen and oxygen atoms in total. The third-order valence-electron chi connectivity index (χ3n) is 5.30. The maximum absolute atomic E-state index is 12.2. The Morgan fingerprint density at radius 1 is 1.09 bits per heavy atom. The largest absolute Gasteiger partial charge is 0.459 e. The second-order valence-electron chi connectivity index (χ2n) is 9.02. The highest BCUT2D eigenvalue weighted by molar-refractivity contribution is 5.68. The maximum atomic E-state index is 12.2. The zero-order valence-corrected chi connectivity index (χ0v) is 19.6. The molecule has 0 atom stereocenters. The summed E-state index contributed by atoms with van der Waals surface area (Å²) in [5.74, 6) is 2.93. The van der Waals surface area contributed by atoms with Crippen LogP contribution < -0.4 is 10.2 Å². The second-order valence-corrected chi connectivity index (χ2v) is 9.02. The predicted molar refractivity (Wildman–Crippen MR) is 128 cm³/mol. The van der Waals surface area contributed by atoms with Crippen molar-refractivity contribution in [2.75, 3.05) is 36.4 Å². The molecular weight excluding hydrogens is 432 g/mol. The van der Waals surface area contributed by atoms with E-state index in [4.69, 9.17) is 14.4 Å². The highest BCUT2D eigenvalue weighted by Crippen LogP contribution is 2.23. The van der Waals surface area contributed by atoms with Gasteiger partial charge in [-0.25, -0.2) is 14.8 Å². The molecule has 0 bridgehead atoms. The minimum Gasteiger partial charge on any atom is -0.459 e. The van der Waals surface area contributed by atoms with Crippen LogP contribution in [0.3, 0.4) is 0 Å². The van der Waals surface area contributed by atoms with Crippen LogP contribution in [0, 0.1) is 11.3 Å². The van der Waals surface area contributed by atoms with Gasteiger partial charge >= 0.3 is 6.09 Å². The van der Waals surface area contributed by atoms with Crippen LogP contribution in [0.25, 0.3) is 11.3 Å². The Bertz CT molecular complexity index is 1150. The number of benzene rings is 1. The Hall–Kier alpha value is -4.06. The summed E-state index contributed by atoms with van der Waals surface area (Å²) in [7, 11) is 0. The monoisotopic (exact) mass is 460 g/mol. The van der Waals surface area contributed by atoms with E-state index in [1.54, 1.807) is 29.4 Å². The number of anilines is 2. The van der Waals surface area contributed by atoms with E-state index in [-0.39, 0.29) is 6.09 Å². The molecule has 1 fully saturated rings. The number of nitriles is 1. The number of nitrogens with one attached hydrogen (secondary N) is 1. The first kappa shape index (κ1) is 23.1. The lowest BCUT2D eigenvalue weighted by Crippen LogP contribution is -2.50. The van der Waals surface area contributed by atoms with Gasteiger partial charge in [0.1, 0.15) is 28.8 Å². The van der Waals surface area contributed by atoms with E-state index in [2.05, 4.69) is 26.3 Å². The van der Waals surface area contributed by atoms with Gasteiger partial charge in [-0.2, -0.15) is 5.26 Å². The average molecular weight is 461 g/mol. The van der Waals surface area contributed by atoms with Crippen molar-refractivity contribution in [3.05, 3.63) is 60.1 Å². The van der Waals surface area contributed by atoms with Crippen molar-refractivity contribution in [3.8, 4) is 17.4 Å². The topological polar surface area (TPSA) is 108 Å². The summed E-state index contributed by atoms with van der Waals surface area (Å²) < 4.78 is 11.3. The molecule has 0 saturated carbocycles. The van der Waals surface area contributed by atoms with Gasteiger partial charge in [-0.1, -0.05) is 0 Å². The third kappa shape index (κ3) is 5.84. The number of ether oxygens (including phenoxy) is 1. The highest BCUT2D eigenvalue weighted by Gasteiger charge is 2.26. The molecule has 0 spiro atoms. The van der Waals surface area contributed by atoms with Crippen molar-refractivity contribution in [2.24, 2.45) is 0 Å². The number of carbonyl (C=O) groups excluding carboxylic acids is 1. The molecule has 34 heavy (non-hydrogen) atoms. The first-order chi connectivity index (χ1) is 16.3. The summed E-state index contributed by atoms with van der Waals surface area (Å²) in [4.78, 5) is 25.0. The van der Waals surface area contributed by atoms with Crippen molar-refractivity contribution >= 4 is 17.7 Å². The van der Waals surface area contributed by atoms with Crippen molar-refractivity contribution in [2.45, 2.75) is 32.9 Å². The summed E-state index contributed by atoms with van der Waals surface area (Å²) in [6, 6.07) is 13.2. The molecule has 176 valence electrons. The quantitative estimate of drug-likeness (QED) is 0.601. The maximum Gasteiger partial charge on any atom is 0.410 e. The lowest BCUT2D eigenvalue weighted by Gasteiger charge is -2.36. The Labute approximate surface area is 199 Å². The number of carbonyl (C=O) groups is 1. The molecule has 1 amide bonds. The first-order valence-corrected chi connectivity index (χ1v) is 11.2. The SMILES string of the molecule is CC(C)(C)OC(=O)N1CCN(c2cnc(NCc3ccc(-c4ccc(C#N)cc4)o3)cn2)CC1. The lowest BCUT2D eigenvalue weighted by atomic mass is 10.1. The molecule has 4 rings (SSSR count). The van der Waals surface area contributed by atoms with Gasteiger partial charge in [-0.15, -0.1) is 0 Å². The summed E-state index contributed by atoms with van der Waals surface area (Å²) in [6.45, 7) is 8.58. The number of piperazine rings is 1. The smallest absolute Gasteiger partial charge is 0.410 e. The number of rotatable bonds is 5. The number of furan rings is 1. The molecule has 0 radical (unpaired) electrons. The van der Waals surface area contributed by atoms with Gasteiger partial charge in [0.15, 0.2) is 0 Å². The molecule has 0 aliphatic carbocycles. The standard InChI is InChI=1S/C25H28N6O3/c1-25(2,3)34-24(32)31-12-10-30(11-13-31)23-17-28-22(16-29-23)27-15-20-8-9-21(33-20)19-6-4-18(14-26)5-7-19/h4-9,16-17H,10-13,15H2,1-3H3,(H,27,28). The van der Waals surface area contributed by atoms with Crippen LogP contribution in [-0.2, 0) is 11.3 Å². The average Bonchev–Trinajstić information content (AvgIpc) is 3.31. The molecule has 1 saturated heterocycles. The Morgan fingerprint density at radius 2 is 1.82 bits per heavy atom. The minimum atomic E-state index is -0.497. The Balaban J connectivity index is 1.27. The van der Waals surface area contributed by atoms with Crippen LogP contribution >= 0.6 is 0 Å². The first-order valence-electron chi connectivity index (χ1n) is 11.2. The van der Waals surface area contributed by atoms with Crippen LogP contribution in [0.15, 0.2) is 53.2 Å². The molecule has 1 aromatic carbocycles. The van der Waals surface area contributed by atoms with E-state index in [0.717, 1.165) is 22.9 Å². The van der Waals surface area contributed by atoms with Crippen molar-refractivity contribution in [1.29, 1.82) is 5.26 Å². The van der Waals surface area contributed by atoms with E-state index < -0.39 is 5.60 Å². The lowest BCUT2D eigenvalue weighted by molar-refractivity contribution is 0.0240. The fraction of sp³-hybridized carbons (Fsp3) is 0.360. The molecule has 0 unspecified atom stereocenters. The number of amides is 1. The van der Waals surface area contributed by atoms with Crippen molar-refractivity contribution < 1.29 is 13.9 Å². The second kappa shape index (κ2) is 9.83. The zero-order valence-electron chi connectivity index (χ0n) is 19.6. The summed E-state index contributed by atoms with van der Waals surface area (Å²) >= 11 is 0. The summed E-state index contributed by atoms with van der Waals surface area (Å²) in [5, 5.41) is 12.1. The number of aromatic nitrogens is 2. The van der Waals surface area contributed by atoms with Crippen LogP contribution in [0.2, 0.25) is 0 Å². The van der Waals surface area contributed by atoms with Gasteiger partial charge in [0.05, 0.1) is 30.6 Å². The van der Waals surface area contributed by atoms with E-state index in [1.807, 2.05) is 45.0 Å². The van der Waals surface area contributed by atoms with Gasteiger partial charge in [0, 0.05) is 31.7 Å². The van der Waals surface area contributed by atoms with Crippen LogP contribution in [0.4, 0.5) is 16.4 Å². The summed E-state index contributed by atoms with van der Waals surface area (Å²) in [6.07, 6.45) is 3.15. The number of hydrogen-bond donors (Lipinski definition) is 1. The highest BCUT2D eigenvalue weighted by atomic mass is 16.6. The van der Waals surface area contributed by atoms with Gasteiger partial charge in [-0.3, -0.25) is 0 Å². The fourth-order valence-corrected chi connectivity index (χ4v) is 3.54. The predicted octanol–water partition coefficient (Wildman–Crippen LogP) is 4.28. The molecule has 3 aromatic rings. The normalized spacial score (nSPS) is 13.9. The van der Waals surface area contributed by atoms with Gasteiger partial charge in [0.2, 0.25) is 0 Å². The number of hydrogen-bond acceptors (Lipinski definition) is 8.